The van der Waals surface area contributed by atoms with E-state index in [1.807, 2.05) is 43.3 Å². The Morgan fingerprint density at radius 1 is 1.10 bits per heavy atom. The summed E-state index contributed by atoms with van der Waals surface area (Å²) >= 11 is 0. The van der Waals surface area contributed by atoms with Gasteiger partial charge in [-0.3, -0.25) is 4.79 Å². The molecule has 0 atom stereocenters. The standard InChI is InChI=1S/C14H23N3O.2ClH/c1-17(2)13-9-7-12(8-10-13)16-14(18)6-4-3-5-11-15;;/h7-10H,3-6,11,15H2,1-2H3,(H,16,18);2*1H. The summed E-state index contributed by atoms with van der Waals surface area (Å²) in [5.41, 5.74) is 7.38. The highest BCUT2D eigenvalue weighted by atomic mass is 35.5. The van der Waals surface area contributed by atoms with Crippen molar-refractivity contribution in [3.63, 3.8) is 0 Å². The van der Waals surface area contributed by atoms with E-state index in [-0.39, 0.29) is 30.7 Å². The van der Waals surface area contributed by atoms with Crippen molar-refractivity contribution in [2.75, 3.05) is 30.9 Å². The van der Waals surface area contributed by atoms with Crippen LogP contribution in [0, 0.1) is 0 Å². The third kappa shape index (κ3) is 8.25. The maximum atomic E-state index is 11.6. The third-order valence-electron chi connectivity index (χ3n) is 2.78. The van der Waals surface area contributed by atoms with Gasteiger partial charge in [0, 0.05) is 31.9 Å². The number of benzene rings is 1. The summed E-state index contributed by atoms with van der Waals surface area (Å²) in [6, 6.07) is 7.83. The second-order valence-electron chi connectivity index (χ2n) is 4.59. The summed E-state index contributed by atoms with van der Waals surface area (Å²) in [5.74, 6) is 0.0737. The molecule has 0 saturated heterocycles. The Kier molecular flexibility index (Phi) is 12.6. The number of amides is 1. The van der Waals surface area contributed by atoms with Gasteiger partial charge in [-0.2, -0.15) is 0 Å². The number of nitrogens with one attached hydrogen (secondary N) is 1. The summed E-state index contributed by atoms with van der Waals surface area (Å²) in [6.45, 7) is 0.702. The molecule has 3 N–H and O–H groups in total. The van der Waals surface area contributed by atoms with Gasteiger partial charge in [-0.15, -0.1) is 24.8 Å². The molecule has 0 unspecified atom stereocenters. The van der Waals surface area contributed by atoms with Crippen LogP contribution in [0.3, 0.4) is 0 Å². The van der Waals surface area contributed by atoms with E-state index in [9.17, 15) is 4.79 Å². The molecule has 20 heavy (non-hydrogen) atoms. The lowest BCUT2D eigenvalue weighted by atomic mass is 10.2. The molecule has 0 saturated carbocycles. The zero-order valence-electron chi connectivity index (χ0n) is 12.1. The number of hydrogen-bond acceptors (Lipinski definition) is 3. The number of nitrogens with zero attached hydrogens (tertiary/aromatic N) is 1. The van der Waals surface area contributed by atoms with Crippen molar-refractivity contribution in [3.05, 3.63) is 24.3 Å². The molecular formula is C14H25Cl2N3O. The van der Waals surface area contributed by atoms with E-state index in [0.717, 1.165) is 30.6 Å². The Morgan fingerprint density at radius 2 is 1.70 bits per heavy atom. The summed E-state index contributed by atoms with van der Waals surface area (Å²) < 4.78 is 0. The molecule has 0 spiro atoms. The lowest BCUT2D eigenvalue weighted by Crippen LogP contribution is -2.12. The molecule has 4 nitrogen and oxygen atoms in total. The van der Waals surface area contributed by atoms with Crippen LogP contribution in [-0.4, -0.2) is 26.5 Å². The SMILES string of the molecule is CN(C)c1ccc(NC(=O)CCCCCN)cc1.Cl.Cl. The van der Waals surface area contributed by atoms with E-state index in [2.05, 4.69) is 5.32 Å². The van der Waals surface area contributed by atoms with Gasteiger partial charge in [-0.25, -0.2) is 0 Å². The molecule has 6 heteroatoms. The number of carbonyl (C=O) groups excluding carboxylic acids is 1. The van der Waals surface area contributed by atoms with Gasteiger partial charge >= 0.3 is 0 Å². The highest BCUT2D eigenvalue weighted by Crippen LogP contribution is 2.16. The Morgan fingerprint density at radius 3 is 2.20 bits per heavy atom. The maximum absolute atomic E-state index is 11.6. The van der Waals surface area contributed by atoms with Gasteiger partial charge in [0.2, 0.25) is 5.91 Å². The summed E-state index contributed by atoms with van der Waals surface area (Å²) in [5, 5.41) is 2.90. The van der Waals surface area contributed by atoms with Crippen molar-refractivity contribution in [3.8, 4) is 0 Å². The summed E-state index contributed by atoms with van der Waals surface area (Å²) in [7, 11) is 3.98. The molecule has 1 aromatic carbocycles. The topological polar surface area (TPSA) is 58.4 Å². The lowest BCUT2D eigenvalue weighted by molar-refractivity contribution is -0.116. The first kappa shape index (κ1) is 21.3. The predicted molar refractivity (Wildman–Crippen MR) is 91.4 cm³/mol. The molecule has 1 rings (SSSR count). The van der Waals surface area contributed by atoms with Crippen molar-refractivity contribution in [1.82, 2.24) is 0 Å². The normalized spacial score (nSPS) is 9.15. The molecular weight excluding hydrogens is 297 g/mol. The first-order valence-corrected chi connectivity index (χ1v) is 6.41. The van der Waals surface area contributed by atoms with Crippen LogP contribution >= 0.6 is 24.8 Å². The number of hydrogen-bond donors (Lipinski definition) is 2. The Bertz CT molecular complexity index is 369. The monoisotopic (exact) mass is 321 g/mol. The molecule has 0 aliphatic heterocycles. The minimum absolute atomic E-state index is 0. The van der Waals surface area contributed by atoms with Gasteiger partial charge in [-0.1, -0.05) is 6.42 Å². The van der Waals surface area contributed by atoms with E-state index < -0.39 is 0 Å². The number of unbranched alkanes of at least 4 members (excludes halogenated alkanes) is 2. The lowest BCUT2D eigenvalue weighted by Gasteiger charge is -2.13. The van der Waals surface area contributed by atoms with Crippen LogP contribution in [0.1, 0.15) is 25.7 Å². The van der Waals surface area contributed by atoms with Crippen molar-refractivity contribution in [1.29, 1.82) is 0 Å². The van der Waals surface area contributed by atoms with Crippen LogP contribution in [0.25, 0.3) is 0 Å². The highest BCUT2D eigenvalue weighted by molar-refractivity contribution is 5.90. The first-order valence-electron chi connectivity index (χ1n) is 6.41. The van der Waals surface area contributed by atoms with Crippen LogP contribution in [-0.2, 0) is 4.79 Å². The number of halogens is 2. The largest absolute Gasteiger partial charge is 0.378 e. The van der Waals surface area contributed by atoms with E-state index in [4.69, 9.17) is 5.73 Å². The van der Waals surface area contributed by atoms with E-state index in [1.165, 1.54) is 0 Å². The van der Waals surface area contributed by atoms with E-state index in [1.54, 1.807) is 0 Å². The Labute approximate surface area is 133 Å². The minimum Gasteiger partial charge on any atom is -0.378 e. The number of carbonyl (C=O) groups is 1. The van der Waals surface area contributed by atoms with E-state index in [0.29, 0.717) is 13.0 Å². The maximum Gasteiger partial charge on any atom is 0.224 e. The molecule has 116 valence electrons. The van der Waals surface area contributed by atoms with Crippen molar-refractivity contribution < 1.29 is 4.79 Å². The smallest absolute Gasteiger partial charge is 0.224 e. The number of anilines is 2. The van der Waals surface area contributed by atoms with Crippen LogP contribution < -0.4 is 16.0 Å². The molecule has 0 aliphatic rings. The molecule has 1 aromatic rings. The molecule has 0 fully saturated rings. The average Bonchev–Trinajstić information content (AvgIpc) is 2.35. The Balaban J connectivity index is 0. The van der Waals surface area contributed by atoms with Crippen LogP contribution in [0.5, 0.6) is 0 Å². The molecule has 1 amide bonds. The molecule has 0 bridgehead atoms. The number of rotatable bonds is 7. The Hall–Kier alpha value is -0.970. The molecule has 0 aliphatic carbocycles. The van der Waals surface area contributed by atoms with Gasteiger partial charge < -0.3 is 16.0 Å². The summed E-state index contributed by atoms with van der Waals surface area (Å²) in [4.78, 5) is 13.7. The fourth-order valence-electron chi connectivity index (χ4n) is 1.67. The highest BCUT2D eigenvalue weighted by Gasteiger charge is 2.02. The van der Waals surface area contributed by atoms with Crippen molar-refractivity contribution in [2.24, 2.45) is 5.73 Å². The van der Waals surface area contributed by atoms with Gasteiger partial charge in [0.25, 0.3) is 0 Å². The van der Waals surface area contributed by atoms with Crippen LogP contribution in [0.2, 0.25) is 0 Å². The van der Waals surface area contributed by atoms with Gasteiger partial charge in [0.05, 0.1) is 0 Å². The van der Waals surface area contributed by atoms with Crippen molar-refractivity contribution >= 4 is 42.1 Å². The summed E-state index contributed by atoms with van der Waals surface area (Å²) in [6.07, 6.45) is 3.47. The van der Waals surface area contributed by atoms with Gasteiger partial charge in [-0.05, 0) is 43.7 Å². The van der Waals surface area contributed by atoms with Crippen LogP contribution in [0.15, 0.2) is 24.3 Å². The fraction of sp³-hybridized carbons (Fsp3) is 0.500. The second-order valence-corrected chi connectivity index (χ2v) is 4.59. The fourth-order valence-corrected chi connectivity index (χ4v) is 1.67. The zero-order chi connectivity index (χ0) is 13.4. The first-order chi connectivity index (χ1) is 8.63. The van der Waals surface area contributed by atoms with Crippen LogP contribution in [0.4, 0.5) is 11.4 Å². The molecule has 0 heterocycles. The van der Waals surface area contributed by atoms with Crippen molar-refractivity contribution in [2.45, 2.75) is 25.7 Å². The minimum atomic E-state index is 0. The molecule has 0 aromatic heterocycles. The molecule has 0 radical (unpaired) electrons. The van der Waals surface area contributed by atoms with Gasteiger partial charge in [0.1, 0.15) is 0 Å². The average molecular weight is 322 g/mol. The number of nitrogens with two attached hydrogens (primary N) is 1. The third-order valence-corrected chi connectivity index (χ3v) is 2.78. The van der Waals surface area contributed by atoms with E-state index >= 15 is 0 Å². The zero-order valence-corrected chi connectivity index (χ0v) is 13.7. The van der Waals surface area contributed by atoms with Gasteiger partial charge in [0.15, 0.2) is 0 Å². The quantitative estimate of drug-likeness (QED) is 0.759. The second kappa shape index (κ2) is 11.8. The predicted octanol–water partition coefficient (Wildman–Crippen LogP) is 3.05.